The summed E-state index contributed by atoms with van der Waals surface area (Å²) < 4.78 is 14.3. The van der Waals surface area contributed by atoms with Crippen LogP contribution < -0.4 is 4.90 Å². The van der Waals surface area contributed by atoms with Crippen LogP contribution in [-0.4, -0.2) is 23.1 Å². The molecule has 0 unspecified atom stereocenters. The maximum Gasteiger partial charge on any atom is 0.150 e. The number of benzene rings is 1. The number of aromatic nitrogens is 2. The van der Waals surface area contributed by atoms with E-state index in [0.717, 1.165) is 45.4 Å². The van der Waals surface area contributed by atoms with Crippen LogP contribution in [0.15, 0.2) is 30.3 Å². The highest BCUT2D eigenvalue weighted by Crippen LogP contribution is 2.38. The van der Waals surface area contributed by atoms with Crippen molar-refractivity contribution in [3.8, 4) is 10.4 Å². The lowest BCUT2D eigenvalue weighted by Crippen LogP contribution is -2.30. The van der Waals surface area contributed by atoms with Gasteiger partial charge in [-0.25, -0.2) is 14.4 Å². The van der Waals surface area contributed by atoms with Gasteiger partial charge in [-0.05, 0) is 49.9 Å². The van der Waals surface area contributed by atoms with Gasteiger partial charge in [0.15, 0.2) is 0 Å². The number of nitrogens with zero attached hydrogens (tertiary/aromatic N) is 3. The van der Waals surface area contributed by atoms with Crippen molar-refractivity contribution in [1.82, 2.24) is 9.97 Å². The molecule has 0 atom stereocenters. The van der Waals surface area contributed by atoms with Crippen molar-refractivity contribution in [3.63, 3.8) is 0 Å². The summed E-state index contributed by atoms with van der Waals surface area (Å²) in [5.74, 6) is 1.66. The lowest BCUT2D eigenvalue weighted by Gasteiger charge is -2.28. The van der Waals surface area contributed by atoms with Gasteiger partial charge in [0.25, 0.3) is 0 Å². The molecule has 1 fully saturated rings. The molecule has 0 aliphatic carbocycles. The smallest absolute Gasteiger partial charge is 0.150 e. The topological polar surface area (TPSA) is 29.0 Å². The van der Waals surface area contributed by atoms with E-state index in [0.29, 0.717) is 0 Å². The Bertz CT molecular complexity index is 835. The Balaban J connectivity index is 1.82. The maximum absolute atomic E-state index is 13.1. The number of hydrogen-bond acceptors (Lipinski definition) is 4. The molecule has 1 aliphatic rings. The van der Waals surface area contributed by atoms with E-state index in [1.165, 1.54) is 31.4 Å². The predicted octanol–water partition coefficient (Wildman–Crippen LogP) is 4.80. The van der Waals surface area contributed by atoms with Gasteiger partial charge in [-0.2, -0.15) is 0 Å². The van der Waals surface area contributed by atoms with Gasteiger partial charge < -0.3 is 4.90 Å². The summed E-state index contributed by atoms with van der Waals surface area (Å²) >= 11 is 1.70. The molecule has 1 aromatic carbocycles. The van der Waals surface area contributed by atoms with Crippen LogP contribution in [0.4, 0.5) is 10.2 Å². The average molecular weight is 327 g/mol. The van der Waals surface area contributed by atoms with E-state index in [1.807, 2.05) is 19.1 Å². The molecule has 0 radical (unpaired) electrons. The summed E-state index contributed by atoms with van der Waals surface area (Å²) in [6.07, 6.45) is 3.75. The minimum atomic E-state index is -0.209. The van der Waals surface area contributed by atoms with Crippen LogP contribution in [0.2, 0.25) is 0 Å². The third-order valence-corrected chi connectivity index (χ3v) is 5.42. The van der Waals surface area contributed by atoms with E-state index in [1.54, 1.807) is 11.3 Å². The number of aryl methyl sites for hydroxylation is 1. The van der Waals surface area contributed by atoms with Crippen LogP contribution in [0.5, 0.6) is 0 Å². The van der Waals surface area contributed by atoms with Crippen LogP contribution in [0.25, 0.3) is 20.7 Å². The van der Waals surface area contributed by atoms with Crippen molar-refractivity contribution in [2.75, 3.05) is 18.0 Å². The Morgan fingerprint density at radius 3 is 2.52 bits per heavy atom. The van der Waals surface area contributed by atoms with Crippen LogP contribution in [-0.2, 0) is 0 Å². The number of hydrogen-bond donors (Lipinski definition) is 0. The molecule has 0 bridgehead atoms. The third kappa shape index (κ3) is 2.81. The Morgan fingerprint density at radius 2 is 1.78 bits per heavy atom. The molecule has 3 aromatic rings. The van der Waals surface area contributed by atoms with Gasteiger partial charge in [0.2, 0.25) is 0 Å². The van der Waals surface area contributed by atoms with Gasteiger partial charge in [-0.3, -0.25) is 0 Å². The van der Waals surface area contributed by atoms with Crippen molar-refractivity contribution < 1.29 is 4.39 Å². The lowest BCUT2D eigenvalue weighted by atomic mass is 10.1. The second kappa shape index (κ2) is 5.89. The second-order valence-electron chi connectivity index (χ2n) is 5.97. The van der Waals surface area contributed by atoms with Crippen molar-refractivity contribution in [2.24, 2.45) is 0 Å². The van der Waals surface area contributed by atoms with E-state index in [-0.39, 0.29) is 5.82 Å². The van der Waals surface area contributed by atoms with E-state index in [4.69, 9.17) is 4.98 Å². The van der Waals surface area contributed by atoms with Crippen molar-refractivity contribution in [1.29, 1.82) is 0 Å². The zero-order chi connectivity index (χ0) is 15.8. The minimum Gasteiger partial charge on any atom is -0.355 e. The lowest BCUT2D eigenvalue weighted by molar-refractivity contribution is 0.574. The first kappa shape index (κ1) is 14.6. The number of rotatable bonds is 2. The summed E-state index contributed by atoms with van der Waals surface area (Å²) in [5.41, 5.74) is 2.01. The maximum atomic E-state index is 13.1. The van der Waals surface area contributed by atoms with Gasteiger partial charge in [-0.1, -0.05) is 12.1 Å². The molecule has 0 N–H and O–H groups in total. The molecule has 5 heteroatoms. The normalized spacial score (nSPS) is 15.3. The van der Waals surface area contributed by atoms with E-state index in [2.05, 4.69) is 16.0 Å². The number of piperidine rings is 1. The van der Waals surface area contributed by atoms with Crippen LogP contribution in [0.3, 0.4) is 0 Å². The highest BCUT2D eigenvalue weighted by atomic mass is 32.1. The molecule has 0 saturated carbocycles. The zero-order valence-electron chi connectivity index (χ0n) is 13.1. The first-order valence-electron chi connectivity index (χ1n) is 8.00. The first-order chi connectivity index (χ1) is 11.2. The monoisotopic (exact) mass is 327 g/mol. The largest absolute Gasteiger partial charge is 0.355 e. The summed E-state index contributed by atoms with van der Waals surface area (Å²) in [4.78, 5) is 12.8. The number of fused-ring (bicyclic) bond motifs is 1. The van der Waals surface area contributed by atoms with E-state index in [9.17, 15) is 4.39 Å². The third-order valence-electron chi connectivity index (χ3n) is 4.25. The van der Waals surface area contributed by atoms with Gasteiger partial charge in [0.05, 0.1) is 10.2 Å². The summed E-state index contributed by atoms with van der Waals surface area (Å²) in [5, 5.41) is 0. The van der Waals surface area contributed by atoms with Gasteiger partial charge in [0.1, 0.15) is 17.5 Å². The highest BCUT2D eigenvalue weighted by Gasteiger charge is 2.18. The summed E-state index contributed by atoms with van der Waals surface area (Å²) in [6.45, 7) is 4.08. The van der Waals surface area contributed by atoms with Crippen LogP contribution in [0.1, 0.15) is 25.1 Å². The molecule has 118 valence electrons. The van der Waals surface area contributed by atoms with E-state index >= 15 is 0 Å². The molecule has 4 rings (SSSR count). The first-order valence-corrected chi connectivity index (χ1v) is 8.81. The fourth-order valence-corrected chi connectivity index (χ4v) is 4.22. The Morgan fingerprint density at radius 1 is 1.04 bits per heavy atom. The summed E-state index contributed by atoms with van der Waals surface area (Å²) in [7, 11) is 0. The average Bonchev–Trinajstić information content (AvgIpc) is 2.99. The zero-order valence-corrected chi connectivity index (χ0v) is 13.9. The number of halogens is 1. The number of anilines is 1. The molecule has 1 saturated heterocycles. The highest BCUT2D eigenvalue weighted by molar-refractivity contribution is 7.22. The Kier molecular flexibility index (Phi) is 3.73. The molecule has 23 heavy (non-hydrogen) atoms. The standard InChI is InChI=1S/C18H18FN3S/c1-12-20-15-11-16(13-5-7-14(19)8-6-13)23-17(15)18(21-12)22-9-3-2-4-10-22/h5-8,11H,2-4,9-10H2,1H3. The second-order valence-corrected chi connectivity index (χ2v) is 7.03. The Hall–Kier alpha value is -2.01. The van der Waals surface area contributed by atoms with Gasteiger partial charge in [0, 0.05) is 18.0 Å². The Labute approximate surface area is 138 Å². The van der Waals surface area contributed by atoms with Crippen molar-refractivity contribution >= 4 is 27.4 Å². The van der Waals surface area contributed by atoms with Crippen molar-refractivity contribution in [3.05, 3.63) is 42.0 Å². The molecule has 0 spiro atoms. The molecule has 0 amide bonds. The predicted molar refractivity (Wildman–Crippen MR) is 93.6 cm³/mol. The summed E-state index contributed by atoms with van der Waals surface area (Å²) in [6, 6.07) is 8.74. The van der Waals surface area contributed by atoms with Gasteiger partial charge in [-0.15, -0.1) is 11.3 Å². The molecule has 1 aliphatic heterocycles. The molecule has 3 nitrogen and oxygen atoms in total. The molecule has 2 aromatic heterocycles. The SMILES string of the molecule is Cc1nc(N2CCCCC2)c2sc(-c3ccc(F)cc3)cc2n1. The fraction of sp³-hybridized carbons (Fsp3) is 0.333. The fourth-order valence-electron chi connectivity index (χ4n) is 3.10. The number of thiophene rings is 1. The van der Waals surface area contributed by atoms with Gasteiger partial charge >= 0.3 is 0 Å². The quantitative estimate of drug-likeness (QED) is 0.677. The van der Waals surface area contributed by atoms with Crippen molar-refractivity contribution in [2.45, 2.75) is 26.2 Å². The minimum absolute atomic E-state index is 0.209. The molecular weight excluding hydrogens is 309 g/mol. The molecular formula is C18H18FN3S. The molecule has 3 heterocycles. The van der Waals surface area contributed by atoms with Crippen LogP contribution in [0, 0.1) is 12.7 Å². The van der Waals surface area contributed by atoms with E-state index < -0.39 is 0 Å². The van der Waals surface area contributed by atoms with Crippen LogP contribution >= 0.6 is 11.3 Å².